The molecule has 0 aromatic rings. The summed E-state index contributed by atoms with van der Waals surface area (Å²) in [6, 6.07) is 0. The average Bonchev–Trinajstić information content (AvgIpc) is 3.08. The van der Waals surface area contributed by atoms with Crippen LogP contribution in [0.3, 0.4) is 0 Å². The summed E-state index contributed by atoms with van der Waals surface area (Å²) in [6.45, 7) is 3.44. The number of allylic oxidation sites excluding steroid dienone is 6. The average molecular weight is 714 g/mol. The van der Waals surface area contributed by atoms with Gasteiger partial charge in [0.25, 0.3) is 0 Å². The molecule has 0 fully saturated rings. The molecule has 0 aliphatic carbocycles. The number of nitrogens with one attached hydrogen (secondary N) is 1. The number of hydrogen-bond donors (Lipinski definition) is 3. The Kier molecular flexibility index (Phi) is 34.7. The van der Waals surface area contributed by atoms with E-state index in [1.54, 1.807) is 0 Å². The first-order valence-electron chi connectivity index (χ1n) is 19.5. The zero-order valence-electron chi connectivity index (χ0n) is 31.1. The van der Waals surface area contributed by atoms with Gasteiger partial charge in [-0.2, -0.15) is 0 Å². The van der Waals surface area contributed by atoms with Crippen molar-refractivity contribution in [1.82, 2.24) is 5.32 Å². The lowest BCUT2D eigenvalue weighted by atomic mass is 10.1. The van der Waals surface area contributed by atoms with Gasteiger partial charge in [0.05, 0.1) is 13.2 Å². The third-order valence-electron chi connectivity index (χ3n) is 8.02. The van der Waals surface area contributed by atoms with E-state index in [0.29, 0.717) is 6.42 Å². The van der Waals surface area contributed by atoms with Crippen LogP contribution >= 0.6 is 7.82 Å². The Morgan fingerprint density at radius 3 is 1.73 bits per heavy atom. The first-order valence-corrected chi connectivity index (χ1v) is 21.0. The number of rotatable bonds is 36. The molecule has 0 heterocycles. The Labute approximate surface area is 299 Å². The number of phosphoric acid groups is 1. The molecule has 0 saturated heterocycles. The summed E-state index contributed by atoms with van der Waals surface area (Å²) in [4.78, 5) is 33.7. The summed E-state index contributed by atoms with van der Waals surface area (Å²) in [5, 5.41) is 12.6. The fourth-order valence-corrected chi connectivity index (χ4v) is 5.82. The highest BCUT2D eigenvalue weighted by atomic mass is 31.2. The van der Waals surface area contributed by atoms with E-state index in [9.17, 15) is 24.2 Å². The van der Waals surface area contributed by atoms with Crippen LogP contribution in [0.2, 0.25) is 0 Å². The lowest BCUT2D eigenvalue weighted by Crippen LogP contribution is -2.27. The van der Waals surface area contributed by atoms with Crippen molar-refractivity contribution in [2.75, 3.05) is 26.4 Å². The third-order valence-corrected chi connectivity index (χ3v) is 9.01. The van der Waals surface area contributed by atoms with E-state index in [1.165, 1.54) is 64.2 Å². The van der Waals surface area contributed by atoms with Crippen LogP contribution in [0.1, 0.15) is 168 Å². The number of hydrogen-bond acceptors (Lipinski definition) is 7. The van der Waals surface area contributed by atoms with Gasteiger partial charge in [0.15, 0.2) is 0 Å². The van der Waals surface area contributed by atoms with Crippen LogP contribution < -0.4 is 5.32 Å². The van der Waals surface area contributed by atoms with Gasteiger partial charge in [-0.25, -0.2) is 4.57 Å². The highest BCUT2D eigenvalue weighted by Gasteiger charge is 2.23. The molecule has 9 nitrogen and oxygen atoms in total. The summed E-state index contributed by atoms with van der Waals surface area (Å²) in [7, 11) is -4.41. The quantitative estimate of drug-likeness (QED) is 0.0253. The standard InChI is InChI=1S/C39H72NO8P/c1-3-5-7-9-11-13-15-16-17-18-19-20-21-22-23-25-27-29-31-38(42)40-33-34-47-49(44,45)48-36-37(41)35-46-39(43)32-30-28-26-24-14-12-10-8-6-4-2/h8,10,13,15,17-18,37,41H,3-7,9,11-12,14,16,19-36H2,1-2H3,(H,40,42)(H,44,45)/b10-8-,15-13-,18-17-. The van der Waals surface area contributed by atoms with Gasteiger partial charge < -0.3 is 20.1 Å². The monoisotopic (exact) mass is 713 g/mol. The Hall–Kier alpha value is -1.77. The van der Waals surface area contributed by atoms with Gasteiger partial charge in [-0.15, -0.1) is 0 Å². The summed E-state index contributed by atoms with van der Waals surface area (Å²) in [5.74, 6) is -0.537. The van der Waals surface area contributed by atoms with Gasteiger partial charge in [0.1, 0.15) is 12.7 Å². The lowest BCUT2D eigenvalue weighted by molar-refractivity contribution is -0.147. The smallest absolute Gasteiger partial charge is 0.463 e. The molecule has 286 valence electrons. The maximum atomic E-state index is 12.0. The molecule has 0 spiro atoms. The molecule has 49 heavy (non-hydrogen) atoms. The number of carbonyl (C=O) groups excluding carboxylic acids is 2. The van der Waals surface area contributed by atoms with E-state index in [-0.39, 0.29) is 32.1 Å². The molecule has 0 aliphatic heterocycles. The fraction of sp³-hybridized carbons (Fsp3) is 0.795. The molecule has 0 bridgehead atoms. The van der Waals surface area contributed by atoms with E-state index in [4.69, 9.17) is 13.8 Å². The number of ether oxygens (including phenoxy) is 1. The number of unbranched alkanes of at least 4 members (excludes halogenated alkanes) is 17. The van der Waals surface area contributed by atoms with Gasteiger partial charge in [0, 0.05) is 19.4 Å². The highest BCUT2D eigenvalue weighted by Crippen LogP contribution is 2.42. The van der Waals surface area contributed by atoms with Gasteiger partial charge >= 0.3 is 13.8 Å². The molecule has 0 aromatic carbocycles. The molecular weight excluding hydrogens is 641 g/mol. The van der Waals surface area contributed by atoms with Crippen molar-refractivity contribution >= 4 is 19.7 Å². The second kappa shape index (κ2) is 36.0. The van der Waals surface area contributed by atoms with Crippen molar-refractivity contribution in [2.24, 2.45) is 0 Å². The van der Waals surface area contributed by atoms with Crippen molar-refractivity contribution in [1.29, 1.82) is 0 Å². The highest BCUT2D eigenvalue weighted by molar-refractivity contribution is 7.47. The first-order chi connectivity index (χ1) is 23.8. The Morgan fingerprint density at radius 1 is 0.633 bits per heavy atom. The largest absolute Gasteiger partial charge is 0.472 e. The summed E-state index contributed by atoms with van der Waals surface area (Å²) in [6.07, 6.45) is 37.9. The van der Waals surface area contributed by atoms with Gasteiger partial charge in [-0.05, 0) is 64.2 Å². The predicted molar refractivity (Wildman–Crippen MR) is 201 cm³/mol. The van der Waals surface area contributed by atoms with Crippen LogP contribution in [-0.4, -0.2) is 54.3 Å². The number of amides is 1. The summed E-state index contributed by atoms with van der Waals surface area (Å²) in [5.41, 5.74) is 0. The van der Waals surface area contributed by atoms with Crippen LogP contribution in [0.4, 0.5) is 0 Å². The molecular formula is C39H72NO8P. The lowest BCUT2D eigenvalue weighted by Gasteiger charge is -2.15. The Balaban J connectivity index is 3.63. The fourth-order valence-electron chi connectivity index (χ4n) is 5.06. The molecule has 10 heteroatoms. The molecule has 0 saturated carbocycles. The van der Waals surface area contributed by atoms with Crippen LogP contribution in [0.5, 0.6) is 0 Å². The Morgan fingerprint density at radius 2 is 1.14 bits per heavy atom. The normalized spacial score (nSPS) is 13.8. The number of esters is 1. The van der Waals surface area contributed by atoms with E-state index in [2.05, 4.69) is 55.6 Å². The van der Waals surface area contributed by atoms with Gasteiger partial charge in [-0.3, -0.25) is 18.6 Å². The molecule has 0 aromatic heterocycles. The third kappa shape index (κ3) is 37.3. The SMILES string of the molecule is CCC/C=C\CCCCCCCC(=O)OCC(O)COP(=O)(O)OCCNC(=O)CCCCCCCCC/C=C\C/C=C\CCCCCC. The first kappa shape index (κ1) is 47.2. The zero-order chi connectivity index (χ0) is 36.1. The van der Waals surface area contributed by atoms with Crippen molar-refractivity contribution < 1.29 is 37.9 Å². The molecule has 2 atom stereocenters. The molecule has 0 aliphatic rings. The minimum absolute atomic E-state index is 0.0761. The van der Waals surface area contributed by atoms with Gasteiger partial charge in [0.2, 0.25) is 5.91 Å². The second-order valence-corrected chi connectivity index (χ2v) is 14.3. The maximum absolute atomic E-state index is 12.0. The maximum Gasteiger partial charge on any atom is 0.472 e. The number of aliphatic hydroxyl groups is 1. The number of carbonyl (C=O) groups is 2. The van der Waals surface area contributed by atoms with Crippen molar-refractivity contribution in [3.8, 4) is 0 Å². The molecule has 3 N–H and O–H groups in total. The van der Waals surface area contributed by atoms with Crippen LogP contribution in [0, 0.1) is 0 Å². The minimum Gasteiger partial charge on any atom is -0.463 e. The topological polar surface area (TPSA) is 131 Å². The van der Waals surface area contributed by atoms with E-state index in [1.807, 2.05) is 0 Å². The molecule has 0 radical (unpaired) electrons. The van der Waals surface area contributed by atoms with Gasteiger partial charge in [-0.1, -0.05) is 127 Å². The van der Waals surface area contributed by atoms with E-state index in [0.717, 1.165) is 77.0 Å². The van der Waals surface area contributed by atoms with Crippen LogP contribution in [0.15, 0.2) is 36.5 Å². The molecule has 2 unspecified atom stereocenters. The van der Waals surface area contributed by atoms with Crippen molar-refractivity contribution in [2.45, 2.75) is 174 Å². The summed E-state index contributed by atoms with van der Waals surface area (Å²) < 4.78 is 26.7. The number of aliphatic hydroxyl groups excluding tert-OH is 1. The zero-order valence-corrected chi connectivity index (χ0v) is 32.0. The Bertz CT molecular complexity index is 907. The predicted octanol–water partition coefficient (Wildman–Crippen LogP) is 10.2. The van der Waals surface area contributed by atoms with Crippen LogP contribution in [-0.2, 0) is 27.9 Å². The summed E-state index contributed by atoms with van der Waals surface area (Å²) >= 11 is 0. The number of phosphoric ester groups is 1. The van der Waals surface area contributed by atoms with Crippen LogP contribution in [0.25, 0.3) is 0 Å². The second-order valence-electron chi connectivity index (χ2n) is 12.9. The minimum atomic E-state index is -4.41. The van der Waals surface area contributed by atoms with Crippen molar-refractivity contribution in [3.05, 3.63) is 36.5 Å². The molecule has 0 rings (SSSR count). The van der Waals surface area contributed by atoms with Crippen molar-refractivity contribution in [3.63, 3.8) is 0 Å². The van der Waals surface area contributed by atoms with E-state index < -0.39 is 26.5 Å². The van der Waals surface area contributed by atoms with E-state index >= 15 is 0 Å². The molecule has 1 amide bonds.